The van der Waals surface area contributed by atoms with Gasteiger partial charge in [-0.1, -0.05) is 22.1 Å². The van der Waals surface area contributed by atoms with Crippen LogP contribution < -0.4 is 15.4 Å². The molecule has 4 rings (SSSR count). The number of aliphatic imine (C=N–C) groups is 1. The van der Waals surface area contributed by atoms with Gasteiger partial charge in [-0.25, -0.2) is 14.2 Å². The molecule has 0 spiro atoms. The Labute approximate surface area is 202 Å². The third kappa shape index (κ3) is 3.92. The van der Waals surface area contributed by atoms with Crippen molar-refractivity contribution in [3.63, 3.8) is 0 Å². The third-order valence-corrected chi connectivity index (χ3v) is 10.5. The number of carbonyl (C=O) groups is 2. The number of hydrogen-bond donors (Lipinski definition) is 5. The molecule has 0 bridgehead atoms. The summed E-state index contributed by atoms with van der Waals surface area (Å²) in [4.78, 5) is 32.7. The van der Waals surface area contributed by atoms with E-state index in [0.29, 0.717) is 23.7 Å². The zero-order valence-electron chi connectivity index (χ0n) is 18.7. The lowest BCUT2D eigenvalue weighted by Crippen LogP contribution is -2.59. The number of pyridine rings is 1. The van der Waals surface area contributed by atoms with E-state index in [2.05, 4.69) is 25.3 Å². The third-order valence-electron chi connectivity index (χ3n) is 6.41. The Morgan fingerprint density at radius 2 is 1.97 bits per heavy atom. The molecule has 1 aromatic carbocycles. The maximum atomic E-state index is 15.2. The summed E-state index contributed by atoms with van der Waals surface area (Å²) in [6.45, 7) is 5.58. The first-order valence-corrected chi connectivity index (χ1v) is 12.5. The van der Waals surface area contributed by atoms with E-state index >= 15 is 4.39 Å². The number of amides is 2. The lowest BCUT2D eigenvalue weighted by molar-refractivity contribution is 0.102. The molecule has 3 heterocycles. The van der Waals surface area contributed by atoms with Gasteiger partial charge in [-0.2, -0.15) is 0 Å². The van der Waals surface area contributed by atoms with Crippen molar-refractivity contribution in [1.29, 1.82) is 0 Å². The number of benzene rings is 1. The second-order valence-corrected chi connectivity index (χ2v) is 12.4. The molecule has 12 heteroatoms. The highest BCUT2D eigenvalue weighted by Gasteiger charge is 2.61. The standard InChI is InChI=1S/C22H25ClFN5O4S/c1-21(2)19(28-20(31)32)29-22(3,17-8-9-26-34(17,21)33)14-10-13(5-6-15(14)24)27-18(30)16-7-4-12(23)11-25-16/h4-7,10-11,17,26,33H,8-9H2,1-3H3,(H,27,30)(H,28,29)(H,31,32)/t17-,22+/m0/s1. The number of fused-ring (bicyclic) bond motifs is 1. The molecule has 3 atom stereocenters. The quantitative estimate of drug-likeness (QED) is 0.417. The topological polar surface area (TPSA) is 136 Å². The summed E-state index contributed by atoms with van der Waals surface area (Å²) in [7, 11) is -2.66. The van der Waals surface area contributed by atoms with Crippen molar-refractivity contribution < 1.29 is 23.6 Å². The van der Waals surface area contributed by atoms with Gasteiger partial charge in [0.1, 0.15) is 22.9 Å². The van der Waals surface area contributed by atoms with Crippen LogP contribution in [0.3, 0.4) is 0 Å². The fourth-order valence-electron chi connectivity index (χ4n) is 4.56. The molecule has 34 heavy (non-hydrogen) atoms. The molecular weight excluding hydrogens is 485 g/mol. The molecule has 1 aromatic heterocycles. The van der Waals surface area contributed by atoms with Crippen molar-refractivity contribution in [3.8, 4) is 0 Å². The average Bonchev–Trinajstić information content (AvgIpc) is 3.18. The molecular formula is C22H25ClFN5O4S. The summed E-state index contributed by atoms with van der Waals surface area (Å²) in [6.07, 6.45) is 0.533. The second-order valence-electron chi connectivity index (χ2n) is 8.86. The minimum absolute atomic E-state index is 0.0462. The van der Waals surface area contributed by atoms with Crippen LogP contribution in [0, 0.1) is 5.82 Å². The van der Waals surface area contributed by atoms with Gasteiger partial charge in [0.05, 0.1) is 15.0 Å². The smallest absolute Gasteiger partial charge is 0.410 e. The van der Waals surface area contributed by atoms with E-state index < -0.39 is 43.8 Å². The molecule has 5 N–H and O–H groups in total. The maximum absolute atomic E-state index is 15.2. The van der Waals surface area contributed by atoms with Crippen LogP contribution in [0.25, 0.3) is 0 Å². The molecule has 1 unspecified atom stereocenters. The van der Waals surface area contributed by atoms with Crippen LogP contribution >= 0.6 is 22.1 Å². The molecule has 2 amide bonds. The first-order valence-electron chi connectivity index (χ1n) is 10.5. The van der Waals surface area contributed by atoms with Gasteiger partial charge >= 0.3 is 6.09 Å². The predicted octanol–water partition coefficient (Wildman–Crippen LogP) is 4.35. The lowest BCUT2D eigenvalue weighted by atomic mass is 9.85. The molecule has 1 fully saturated rings. The van der Waals surface area contributed by atoms with Crippen LogP contribution in [0.2, 0.25) is 5.02 Å². The normalized spacial score (nSPS) is 29.4. The van der Waals surface area contributed by atoms with Gasteiger partial charge in [-0.15, -0.1) is 0 Å². The number of nitrogens with one attached hydrogen (secondary N) is 3. The van der Waals surface area contributed by atoms with Crippen molar-refractivity contribution in [2.45, 2.75) is 42.7 Å². The Morgan fingerprint density at radius 1 is 1.24 bits per heavy atom. The van der Waals surface area contributed by atoms with Crippen LogP contribution in [-0.4, -0.2) is 49.0 Å². The number of carbonyl (C=O) groups excluding carboxylic acids is 1. The molecule has 1 saturated heterocycles. The summed E-state index contributed by atoms with van der Waals surface area (Å²) >= 11 is 5.82. The van der Waals surface area contributed by atoms with Crippen LogP contribution in [0.4, 0.5) is 14.9 Å². The largest absolute Gasteiger partial charge is 0.465 e. The monoisotopic (exact) mass is 509 g/mol. The number of hydrogen-bond acceptors (Lipinski definition) is 6. The second kappa shape index (κ2) is 8.49. The first kappa shape index (κ1) is 24.4. The van der Waals surface area contributed by atoms with Gasteiger partial charge in [0.2, 0.25) is 0 Å². The van der Waals surface area contributed by atoms with E-state index in [9.17, 15) is 19.2 Å². The summed E-state index contributed by atoms with van der Waals surface area (Å²) in [6, 6.07) is 7.08. The number of nitrogens with zero attached hydrogens (tertiary/aromatic N) is 2. The van der Waals surface area contributed by atoms with E-state index in [0.717, 1.165) is 0 Å². The lowest BCUT2D eigenvalue weighted by Gasteiger charge is -2.56. The van der Waals surface area contributed by atoms with E-state index in [1.165, 1.54) is 36.5 Å². The SMILES string of the molecule is CC1(C)C(NC(=O)O)=N[C@](C)(c2cc(NC(=O)c3ccc(Cl)cn3)ccc2F)[C@@H]2CCNS21O. The Kier molecular flexibility index (Phi) is 6.09. The zero-order valence-corrected chi connectivity index (χ0v) is 20.3. The minimum atomic E-state index is -2.66. The van der Waals surface area contributed by atoms with Crippen molar-refractivity contribution in [2.75, 3.05) is 11.9 Å². The highest BCUT2D eigenvalue weighted by atomic mass is 35.5. The highest BCUT2D eigenvalue weighted by molar-refractivity contribution is 8.29. The fourth-order valence-corrected chi connectivity index (χ4v) is 8.07. The van der Waals surface area contributed by atoms with Crippen molar-refractivity contribution in [2.24, 2.45) is 4.99 Å². The highest BCUT2D eigenvalue weighted by Crippen LogP contribution is 2.67. The van der Waals surface area contributed by atoms with E-state index in [4.69, 9.17) is 11.6 Å². The molecule has 2 aliphatic rings. The summed E-state index contributed by atoms with van der Waals surface area (Å²) in [5.74, 6) is -1.05. The Morgan fingerprint density at radius 3 is 2.62 bits per heavy atom. The number of aromatic nitrogens is 1. The molecule has 0 aliphatic carbocycles. The molecule has 0 saturated carbocycles. The predicted molar refractivity (Wildman–Crippen MR) is 130 cm³/mol. The van der Waals surface area contributed by atoms with Gasteiger partial charge in [0.25, 0.3) is 5.91 Å². The van der Waals surface area contributed by atoms with Crippen molar-refractivity contribution >= 4 is 45.6 Å². The summed E-state index contributed by atoms with van der Waals surface area (Å²) in [5.41, 5.74) is -0.735. The Balaban J connectivity index is 1.78. The van der Waals surface area contributed by atoms with Gasteiger partial charge in [-0.05, 0) is 57.5 Å². The number of rotatable bonds is 3. The van der Waals surface area contributed by atoms with E-state index in [1.54, 1.807) is 20.8 Å². The van der Waals surface area contributed by atoms with Crippen LogP contribution in [0.5, 0.6) is 0 Å². The summed E-state index contributed by atoms with van der Waals surface area (Å²) in [5, 5.41) is 14.3. The van der Waals surface area contributed by atoms with Crippen LogP contribution in [0.15, 0.2) is 41.5 Å². The van der Waals surface area contributed by atoms with Crippen LogP contribution in [0.1, 0.15) is 43.2 Å². The van der Waals surface area contributed by atoms with E-state index in [-0.39, 0.29) is 17.1 Å². The minimum Gasteiger partial charge on any atom is -0.465 e. The number of halogens is 2. The Bertz CT molecular complexity index is 1190. The number of anilines is 1. The number of carboxylic acid groups (broad SMARTS) is 1. The molecule has 9 nitrogen and oxygen atoms in total. The fraction of sp³-hybridized carbons (Fsp3) is 0.364. The molecule has 182 valence electrons. The first-order chi connectivity index (χ1) is 15.9. The van der Waals surface area contributed by atoms with Crippen molar-refractivity contribution in [3.05, 3.63) is 58.6 Å². The zero-order chi connectivity index (χ0) is 24.9. The summed E-state index contributed by atoms with van der Waals surface area (Å²) < 4.78 is 29.1. The maximum Gasteiger partial charge on any atom is 0.410 e. The van der Waals surface area contributed by atoms with Gasteiger partial charge in [0.15, 0.2) is 0 Å². The Hall–Kier alpha value is -2.73. The molecule has 2 aliphatic heterocycles. The van der Waals surface area contributed by atoms with Gasteiger partial charge in [-0.3, -0.25) is 19.8 Å². The molecule has 0 radical (unpaired) electrons. The van der Waals surface area contributed by atoms with Crippen molar-refractivity contribution in [1.82, 2.24) is 15.0 Å². The van der Waals surface area contributed by atoms with Gasteiger partial charge in [0, 0.05) is 24.0 Å². The van der Waals surface area contributed by atoms with Crippen LogP contribution in [-0.2, 0) is 5.54 Å². The van der Waals surface area contributed by atoms with E-state index in [1.807, 2.05) is 0 Å². The molecule has 2 aromatic rings. The number of amidine groups is 1. The average molecular weight is 510 g/mol. The van der Waals surface area contributed by atoms with Gasteiger partial charge < -0.3 is 15.0 Å².